The number of hydrogen-bond acceptors (Lipinski definition) is 4. The van der Waals surface area contributed by atoms with Crippen molar-refractivity contribution in [3.8, 4) is 0 Å². The zero-order valence-electron chi connectivity index (χ0n) is 9.85. The highest BCUT2D eigenvalue weighted by Gasteiger charge is 2.22. The minimum absolute atomic E-state index is 0.659. The molecule has 0 fully saturated rings. The predicted octanol–water partition coefficient (Wildman–Crippen LogP) is 1.42. The molecule has 0 saturated heterocycles. The molecular weight excluding hydrogens is 206 g/mol. The van der Waals surface area contributed by atoms with Crippen molar-refractivity contribution in [3.63, 3.8) is 0 Å². The highest BCUT2D eigenvalue weighted by Crippen LogP contribution is 2.30. The summed E-state index contributed by atoms with van der Waals surface area (Å²) < 4.78 is 7.06. The number of aliphatic hydroxyl groups excluding tert-OH is 1. The van der Waals surface area contributed by atoms with Crippen molar-refractivity contribution < 1.29 is 9.52 Å². The molecule has 1 N–H and O–H groups in total. The molecule has 2 aromatic heterocycles. The van der Waals surface area contributed by atoms with E-state index in [0.717, 1.165) is 22.6 Å². The number of aliphatic hydroxyl groups is 1. The molecule has 5 nitrogen and oxygen atoms in total. The molecule has 2 heterocycles. The van der Waals surface area contributed by atoms with E-state index in [4.69, 9.17) is 4.42 Å². The molecule has 0 aliphatic rings. The van der Waals surface area contributed by atoms with E-state index in [1.54, 1.807) is 17.9 Å². The topological polar surface area (TPSA) is 64.1 Å². The van der Waals surface area contributed by atoms with Crippen LogP contribution in [0.4, 0.5) is 0 Å². The smallest absolute Gasteiger partial charge is 0.126 e. The lowest BCUT2D eigenvalue weighted by Crippen LogP contribution is -2.08. The third-order valence-electron chi connectivity index (χ3n) is 2.92. The van der Waals surface area contributed by atoms with Crippen molar-refractivity contribution in [2.45, 2.75) is 26.9 Å². The largest absolute Gasteiger partial charge is 0.466 e. The van der Waals surface area contributed by atoms with Crippen molar-refractivity contribution >= 4 is 0 Å². The molecule has 1 atom stereocenters. The predicted molar refractivity (Wildman–Crippen MR) is 58.0 cm³/mol. The van der Waals surface area contributed by atoms with Crippen LogP contribution in [0.2, 0.25) is 0 Å². The van der Waals surface area contributed by atoms with Crippen LogP contribution >= 0.6 is 0 Å². The first-order chi connectivity index (χ1) is 7.52. The summed E-state index contributed by atoms with van der Waals surface area (Å²) in [5, 5.41) is 17.8. The molecule has 1 unspecified atom stereocenters. The molecule has 0 bridgehead atoms. The van der Waals surface area contributed by atoms with Crippen molar-refractivity contribution in [2.75, 3.05) is 0 Å². The van der Waals surface area contributed by atoms with Gasteiger partial charge in [-0.3, -0.25) is 0 Å². The lowest BCUT2D eigenvalue weighted by atomic mass is 10.0. The van der Waals surface area contributed by atoms with Gasteiger partial charge in [-0.15, -0.1) is 5.10 Å². The molecule has 0 aliphatic heterocycles. The molecule has 0 amide bonds. The second-order valence-electron chi connectivity index (χ2n) is 3.94. The summed E-state index contributed by atoms with van der Waals surface area (Å²) in [7, 11) is 1.75. The lowest BCUT2D eigenvalue weighted by Gasteiger charge is -2.10. The third-order valence-corrected chi connectivity index (χ3v) is 2.92. The summed E-state index contributed by atoms with van der Waals surface area (Å²) in [5.41, 5.74) is 2.45. The monoisotopic (exact) mass is 221 g/mol. The fourth-order valence-electron chi connectivity index (χ4n) is 1.91. The molecule has 0 aliphatic carbocycles. The van der Waals surface area contributed by atoms with Gasteiger partial charge in [0.1, 0.15) is 17.6 Å². The van der Waals surface area contributed by atoms with Crippen molar-refractivity contribution in [3.05, 3.63) is 34.5 Å². The quantitative estimate of drug-likeness (QED) is 0.832. The van der Waals surface area contributed by atoms with Crippen LogP contribution in [0, 0.1) is 20.8 Å². The number of furan rings is 1. The van der Waals surface area contributed by atoms with Crippen LogP contribution in [0.1, 0.15) is 34.4 Å². The van der Waals surface area contributed by atoms with Gasteiger partial charge in [-0.05, 0) is 26.3 Å². The van der Waals surface area contributed by atoms with Gasteiger partial charge < -0.3 is 9.52 Å². The SMILES string of the molecule is Cc1oc(C)c(C(O)c2cnnn2C)c1C. The lowest BCUT2D eigenvalue weighted by molar-refractivity contribution is 0.207. The van der Waals surface area contributed by atoms with Crippen LogP contribution in [-0.4, -0.2) is 20.1 Å². The molecule has 0 saturated carbocycles. The van der Waals surface area contributed by atoms with Gasteiger partial charge in [-0.1, -0.05) is 5.21 Å². The van der Waals surface area contributed by atoms with Crippen LogP contribution in [0.5, 0.6) is 0 Å². The molecule has 2 rings (SSSR count). The van der Waals surface area contributed by atoms with Gasteiger partial charge in [0.2, 0.25) is 0 Å². The molecule has 0 radical (unpaired) electrons. The Morgan fingerprint density at radius 1 is 1.31 bits per heavy atom. The van der Waals surface area contributed by atoms with Crippen molar-refractivity contribution in [2.24, 2.45) is 7.05 Å². The van der Waals surface area contributed by atoms with E-state index in [0.29, 0.717) is 5.69 Å². The Balaban J connectivity index is 2.49. The minimum atomic E-state index is -0.738. The molecular formula is C11H15N3O2. The number of aryl methyl sites for hydroxylation is 3. The zero-order valence-corrected chi connectivity index (χ0v) is 9.85. The van der Waals surface area contributed by atoms with Crippen LogP contribution in [0.15, 0.2) is 10.6 Å². The Kier molecular flexibility index (Phi) is 2.55. The van der Waals surface area contributed by atoms with E-state index in [1.165, 1.54) is 0 Å². The first-order valence-corrected chi connectivity index (χ1v) is 5.11. The highest BCUT2D eigenvalue weighted by atomic mass is 16.3. The summed E-state index contributed by atoms with van der Waals surface area (Å²) in [4.78, 5) is 0. The third kappa shape index (κ3) is 1.53. The van der Waals surface area contributed by atoms with E-state index in [-0.39, 0.29) is 0 Å². The first kappa shape index (κ1) is 10.9. The van der Waals surface area contributed by atoms with E-state index >= 15 is 0 Å². The van der Waals surface area contributed by atoms with Crippen LogP contribution in [0.25, 0.3) is 0 Å². The fraction of sp³-hybridized carbons (Fsp3) is 0.455. The normalized spacial score (nSPS) is 13.1. The second-order valence-corrected chi connectivity index (χ2v) is 3.94. The summed E-state index contributed by atoms with van der Waals surface area (Å²) in [6.07, 6.45) is 0.823. The average Bonchev–Trinajstić information content (AvgIpc) is 2.73. The maximum absolute atomic E-state index is 10.3. The van der Waals surface area contributed by atoms with Crippen molar-refractivity contribution in [1.82, 2.24) is 15.0 Å². The van der Waals surface area contributed by atoms with Gasteiger partial charge in [-0.25, -0.2) is 4.68 Å². The first-order valence-electron chi connectivity index (χ1n) is 5.11. The number of nitrogens with zero attached hydrogens (tertiary/aromatic N) is 3. The van der Waals surface area contributed by atoms with E-state index in [1.807, 2.05) is 20.8 Å². The van der Waals surface area contributed by atoms with Gasteiger partial charge in [0.05, 0.1) is 11.9 Å². The Morgan fingerprint density at radius 2 is 2.00 bits per heavy atom. The molecule has 0 aromatic carbocycles. The number of rotatable bonds is 2. The van der Waals surface area contributed by atoms with Crippen LogP contribution in [-0.2, 0) is 7.05 Å². The van der Waals surface area contributed by atoms with Gasteiger partial charge >= 0.3 is 0 Å². The Morgan fingerprint density at radius 3 is 2.44 bits per heavy atom. The molecule has 2 aromatic rings. The van der Waals surface area contributed by atoms with Crippen LogP contribution in [0.3, 0.4) is 0 Å². The minimum Gasteiger partial charge on any atom is -0.466 e. The average molecular weight is 221 g/mol. The Hall–Kier alpha value is -1.62. The van der Waals surface area contributed by atoms with Gasteiger partial charge in [0.15, 0.2) is 0 Å². The fourth-order valence-corrected chi connectivity index (χ4v) is 1.91. The van der Waals surface area contributed by atoms with Gasteiger partial charge in [0, 0.05) is 12.6 Å². The summed E-state index contributed by atoms with van der Waals surface area (Å²) >= 11 is 0. The molecule has 5 heteroatoms. The van der Waals surface area contributed by atoms with Crippen LogP contribution < -0.4 is 0 Å². The Bertz CT molecular complexity index is 513. The van der Waals surface area contributed by atoms with E-state index in [9.17, 15) is 5.11 Å². The Labute approximate surface area is 93.7 Å². The summed E-state index contributed by atoms with van der Waals surface area (Å²) in [6, 6.07) is 0. The second kappa shape index (κ2) is 3.75. The van der Waals surface area contributed by atoms with Gasteiger partial charge in [-0.2, -0.15) is 0 Å². The molecule has 86 valence electrons. The molecule has 16 heavy (non-hydrogen) atoms. The molecule has 0 spiro atoms. The highest BCUT2D eigenvalue weighted by molar-refractivity contribution is 5.36. The van der Waals surface area contributed by atoms with Crippen molar-refractivity contribution in [1.29, 1.82) is 0 Å². The summed E-state index contributed by atoms with van der Waals surface area (Å²) in [6.45, 7) is 5.68. The standard InChI is InChI=1S/C11H15N3O2/c1-6-7(2)16-8(3)10(6)11(15)9-5-12-13-14(9)4/h5,11,15H,1-4H3. The van der Waals surface area contributed by atoms with E-state index < -0.39 is 6.10 Å². The maximum atomic E-state index is 10.3. The van der Waals surface area contributed by atoms with Gasteiger partial charge in [0.25, 0.3) is 0 Å². The maximum Gasteiger partial charge on any atom is 0.126 e. The number of aromatic nitrogens is 3. The zero-order chi connectivity index (χ0) is 11.9. The number of hydrogen-bond donors (Lipinski definition) is 1. The summed E-state index contributed by atoms with van der Waals surface area (Å²) in [5.74, 6) is 1.57. The van der Waals surface area contributed by atoms with E-state index in [2.05, 4.69) is 10.3 Å².